The van der Waals surface area contributed by atoms with Gasteiger partial charge in [0.05, 0.1) is 5.75 Å². The maximum Gasteiger partial charge on any atom is 0.303 e. The first kappa shape index (κ1) is 14.8. The largest absolute Gasteiger partial charge is 0.481 e. The lowest BCUT2D eigenvalue weighted by Gasteiger charge is -2.00. The first-order valence-electron chi connectivity index (χ1n) is 4.89. The third-order valence-corrected chi connectivity index (χ3v) is 4.05. The van der Waals surface area contributed by atoms with Crippen LogP contribution in [0, 0.1) is 0 Å². The summed E-state index contributed by atoms with van der Waals surface area (Å²) in [4.78, 5) is 10.2. The Morgan fingerprint density at radius 3 is 2.40 bits per heavy atom. The lowest BCUT2D eigenvalue weighted by Crippen LogP contribution is -2.05. The van der Waals surface area contributed by atoms with Crippen LogP contribution in [0.25, 0.3) is 0 Å². The number of carboxylic acid groups (broad SMARTS) is 1. The molecule has 0 rings (SSSR count). The van der Waals surface area contributed by atoms with Gasteiger partial charge in [-0.05, 0) is 18.6 Å². The van der Waals surface area contributed by atoms with E-state index in [2.05, 4.69) is 0 Å². The van der Waals surface area contributed by atoms with Gasteiger partial charge in [-0.15, -0.1) is 0 Å². The monoisotopic (exact) mass is 254 g/mol. The third kappa shape index (κ3) is 13.8. The van der Waals surface area contributed by atoms with Gasteiger partial charge in [-0.2, -0.15) is 11.8 Å². The van der Waals surface area contributed by atoms with Gasteiger partial charge in [-0.3, -0.25) is 4.79 Å². The predicted molar refractivity (Wildman–Crippen MR) is 63.1 cm³/mol. The van der Waals surface area contributed by atoms with Crippen molar-refractivity contribution in [2.24, 2.45) is 0 Å². The van der Waals surface area contributed by atoms with Crippen LogP contribution in [0.15, 0.2) is 0 Å². The maximum absolute atomic E-state index is 10.8. The fourth-order valence-electron chi connectivity index (χ4n) is 0.969. The van der Waals surface area contributed by atoms with E-state index in [0.29, 0.717) is 12.2 Å². The highest BCUT2D eigenvalue weighted by Gasteiger charge is 2.01. The molecule has 0 spiro atoms. The van der Waals surface area contributed by atoms with E-state index in [1.165, 1.54) is 6.26 Å². The molecule has 0 aromatic rings. The summed E-state index contributed by atoms with van der Waals surface area (Å²) in [5.41, 5.74) is 0. The van der Waals surface area contributed by atoms with Gasteiger partial charge in [0.2, 0.25) is 0 Å². The predicted octanol–water partition coefficient (Wildman–Crippen LogP) is 1.41. The molecule has 0 fully saturated rings. The maximum atomic E-state index is 10.8. The van der Waals surface area contributed by atoms with E-state index in [4.69, 9.17) is 5.11 Å². The van der Waals surface area contributed by atoms with E-state index < -0.39 is 15.8 Å². The topological polar surface area (TPSA) is 71.4 Å². The van der Waals surface area contributed by atoms with Crippen LogP contribution in [-0.2, 0) is 14.6 Å². The van der Waals surface area contributed by atoms with Crippen LogP contribution in [0.4, 0.5) is 0 Å². The molecule has 0 amide bonds. The number of unbranched alkanes of at least 4 members (excludes halogenated alkanes) is 2. The molecule has 4 nitrogen and oxygen atoms in total. The number of thioether (sulfide) groups is 1. The summed E-state index contributed by atoms with van der Waals surface area (Å²) in [5.74, 6) is 1.03. The summed E-state index contributed by atoms with van der Waals surface area (Å²) < 4.78 is 21.5. The average molecular weight is 254 g/mol. The van der Waals surface area contributed by atoms with Crippen molar-refractivity contribution in [3.05, 3.63) is 0 Å². The lowest BCUT2D eigenvalue weighted by molar-refractivity contribution is -0.137. The van der Waals surface area contributed by atoms with Crippen molar-refractivity contribution >= 4 is 27.6 Å². The SMILES string of the molecule is CS(=O)(=O)CCSCCCCCC(=O)O. The number of hydrogen-bond acceptors (Lipinski definition) is 4. The van der Waals surface area contributed by atoms with Gasteiger partial charge in [0.15, 0.2) is 0 Å². The van der Waals surface area contributed by atoms with E-state index in [1.807, 2.05) is 0 Å². The molecule has 0 radical (unpaired) electrons. The summed E-state index contributed by atoms with van der Waals surface area (Å²) in [6, 6.07) is 0. The molecule has 0 unspecified atom stereocenters. The summed E-state index contributed by atoms with van der Waals surface area (Å²) in [6.07, 6.45) is 4.04. The molecule has 0 aromatic carbocycles. The van der Waals surface area contributed by atoms with Crippen LogP contribution < -0.4 is 0 Å². The van der Waals surface area contributed by atoms with Crippen molar-refractivity contribution in [1.82, 2.24) is 0 Å². The first-order chi connectivity index (χ1) is 6.92. The standard InChI is InChI=1S/C9H18O4S2/c1-15(12,13)8-7-14-6-4-2-3-5-9(10)11/h2-8H2,1H3,(H,10,11). The van der Waals surface area contributed by atoms with Crippen molar-refractivity contribution in [3.8, 4) is 0 Å². The van der Waals surface area contributed by atoms with Gasteiger partial charge in [0, 0.05) is 18.4 Å². The number of sulfone groups is 1. The Morgan fingerprint density at radius 1 is 1.20 bits per heavy atom. The number of aliphatic carboxylic acids is 1. The van der Waals surface area contributed by atoms with Crippen LogP contribution in [0.2, 0.25) is 0 Å². The average Bonchev–Trinajstić information content (AvgIpc) is 2.07. The summed E-state index contributed by atoms with van der Waals surface area (Å²) in [7, 11) is -2.83. The fraction of sp³-hybridized carbons (Fsp3) is 0.889. The zero-order valence-corrected chi connectivity index (χ0v) is 10.6. The minimum atomic E-state index is -2.83. The molecule has 1 N–H and O–H groups in total. The van der Waals surface area contributed by atoms with Crippen molar-refractivity contribution in [1.29, 1.82) is 0 Å². The Labute approximate surface area is 95.4 Å². The van der Waals surface area contributed by atoms with Crippen molar-refractivity contribution in [2.45, 2.75) is 25.7 Å². The highest BCUT2D eigenvalue weighted by atomic mass is 32.2. The molecule has 0 saturated heterocycles. The zero-order valence-electron chi connectivity index (χ0n) is 8.94. The summed E-state index contributed by atoms with van der Waals surface area (Å²) in [5, 5.41) is 8.37. The van der Waals surface area contributed by atoms with Crippen LogP contribution >= 0.6 is 11.8 Å². The highest BCUT2D eigenvalue weighted by molar-refractivity contribution is 8.00. The van der Waals surface area contributed by atoms with Crippen LogP contribution in [-0.4, -0.2) is 43.0 Å². The van der Waals surface area contributed by atoms with E-state index >= 15 is 0 Å². The zero-order chi connectivity index (χ0) is 11.7. The molecule has 0 aliphatic heterocycles. The second-order valence-corrected chi connectivity index (χ2v) is 6.93. The Morgan fingerprint density at radius 2 is 1.87 bits per heavy atom. The van der Waals surface area contributed by atoms with E-state index in [1.54, 1.807) is 11.8 Å². The first-order valence-corrected chi connectivity index (χ1v) is 8.10. The normalized spacial score (nSPS) is 11.5. The highest BCUT2D eigenvalue weighted by Crippen LogP contribution is 2.08. The lowest BCUT2D eigenvalue weighted by atomic mass is 10.2. The van der Waals surface area contributed by atoms with Gasteiger partial charge < -0.3 is 5.11 Å². The summed E-state index contributed by atoms with van der Waals surface area (Å²) >= 11 is 1.61. The molecular weight excluding hydrogens is 236 g/mol. The quantitative estimate of drug-likeness (QED) is 0.630. The molecule has 0 aromatic heterocycles. The molecule has 0 aliphatic carbocycles. The van der Waals surface area contributed by atoms with Gasteiger partial charge >= 0.3 is 5.97 Å². The van der Waals surface area contributed by atoms with Gasteiger partial charge in [-0.25, -0.2) is 8.42 Å². The number of rotatable bonds is 9. The van der Waals surface area contributed by atoms with Crippen molar-refractivity contribution in [3.63, 3.8) is 0 Å². The Hall–Kier alpha value is -0.230. The Bertz CT molecular complexity index is 272. The van der Waals surface area contributed by atoms with Gasteiger partial charge in [0.25, 0.3) is 0 Å². The second-order valence-electron chi connectivity index (χ2n) is 3.45. The molecule has 0 bridgehead atoms. The number of carbonyl (C=O) groups is 1. The van der Waals surface area contributed by atoms with Crippen LogP contribution in [0.3, 0.4) is 0 Å². The molecule has 90 valence electrons. The van der Waals surface area contributed by atoms with E-state index in [0.717, 1.165) is 18.6 Å². The third-order valence-electron chi connectivity index (χ3n) is 1.78. The molecule has 6 heteroatoms. The van der Waals surface area contributed by atoms with Crippen molar-refractivity contribution < 1.29 is 18.3 Å². The minimum Gasteiger partial charge on any atom is -0.481 e. The summed E-state index contributed by atoms with van der Waals surface area (Å²) in [6.45, 7) is 0. The smallest absolute Gasteiger partial charge is 0.303 e. The number of hydrogen-bond donors (Lipinski definition) is 1. The minimum absolute atomic E-state index is 0.229. The van der Waals surface area contributed by atoms with E-state index in [9.17, 15) is 13.2 Å². The van der Waals surface area contributed by atoms with Crippen LogP contribution in [0.1, 0.15) is 25.7 Å². The fourth-order valence-corrected chi connectivity index (χ4v) is 3.26. The second kappa shape index (κ2) is 7.98. The van der Waals surface area contributed by atoms with Crippen LogP contribution in [0.5, 0.6) is 0 Å². The Balaban J connectivity index is 3.16. The Kier molecular flexibility index (Phi) is 7.86. The number of carboxylic acids is 1. The molecule has 0 atom stereocenters. The molecule has 0 saturated carbocycles. The molecular formula is C9H18O4S2. The van der Waals surface area contributed by atoms with Gasteiger partial charge in [-0.1, -0.05) is 6.42 Å². The molecule has 0 aliphatic rings. The van der Waals surface area contributed by atoms with E-state index in [-0.39, 0.29) is 12.2 Å². The molecule has 0 heterocycles. The van der Waals surface area contributed by atoms with Gasteiger partial charge in [0.1, 0.15) is 9.84 Å². The molecule has 15 heavy (non-hydrogen) atoms. The van der Waals surface area contributed by atoms with Crippen molar-refractivity contribution in [2.75, 3.05) is 23.5 Å².